The van der Waals surface area contributed by atoms with Crippen LogP contribution in [0, 0.1) is 0 Å². The summed E-state index contributed by atoms with van der Waals surface area (Å²) < 4.78 is 62.2. The lowest BCUT2D eigenvalue weighted by atomic mass is 10.2. The van der Waals surface area contributed by atoms with Crippen LogP contribution in [-0.4, -0.2) is 35.3 Å². The highest BCUT2D eigenvalue weighted by Gasteiger charge is 2.13. The minimum absolute atomic E-state index is 0. The molecular weight excluding hydrogens is 533 g/mol. The number of halogens is 5. The Labute approximate surface area is 195 Å². The number of hydrogen-bond acceptors (Lipinski definition) is 4. The van der Waals surface area contributed by atoms with Gasteiger partial charge in [0.2, 0.25) is 0 Å². The highest BCUT2D eigenvalue weighted by molar-refractivity contribution is 14.0. The van der Waals surface area contributed by atoms with Crippen molar-refractivity contribution in [3.63, 3.8) is 0 Å². The van der Waals surface area contributed by atoms with E-state index < -0.39 is 13.2 Å². The summed E-state index contributed by atoms with van der Waals surface area (Å²) in [6.45, 7) is -0.929. The summed E-state index contributed by atoms with van der Waals surface area (Å²) >= 11 is 0. The molecule has 0 aliphatic carbocycles. The molecule has 7 nitrogen and oxygen atoms in total. The van der Waals surface area contributed by atoms with Crippen LogP contribution in [-0.2, 0) is 13.1 Å². The number of rotatable bonds is 11. The number of nitrogens with one attached hydrogen (secondary N) is 2. The van der Waals surface area contributed by atoms with E-state index in [1.54, 1.807) is 12.1 Å². The fraction of sp³-hybridized carbons (Fsp3) is 0.474. The average molecular weight is 559 g/mol. The molecule has 0 unspecified atom stereocenters. The van der Waals surface area contributed by atoms with Crippen molar-refractivity contribution in [1.82, 2.24) is 20.2 Å². The largest absolute Gasteiger partial charge is 0.493 e. The number of guanidine groups is 1. The van der Waals surface area contributed by atoms with Crippen molar-refractivity contribution < 1.29 is 27.0 Å². The minimum Gasteiger partial charge on any atom is -0.493 e. The first-order valence-corrected chi connectivity index (χ1v) is 9.47. The molecule has 31 heavy (non-hydrogen) atoms. The molecule has 12 heteroatoms. The number of nitrogens with zero attached hydrogens (tertiary/aromatic N) is 3. The number of alkyl halides is 4. The van der Waals surface area contributed by atoms with E-state index in [4.69, 9.17) is 4.74 Å². The van der Waals surface area contributed by atoms with Crippen molar-refractivity contribution in [3.8, 4) is 11.5 Å². The van der Waals surface area contributed by atoms with Crippen LogP contribution in [0.1, 0.15) is 38.2 Å². The summed E-state index contributed by atoms with van der Waals surface area (Å²) in [6.07, 6.45) is 3.24. The first kappa shape index (κ1) is 26.8. The topological polar surface area (TPSA) is 72.7 Å². The number of imidazole rings is 1. The fourth-order valence-corrected chi connectivity index (χ4v) is 2.51. The molecule has 0 spiro atoms. The van der Waals surface area contributed by atoms with Crippen LogP contribution in [0.2, 0.25) is 0 Å². The Morgan fingerprint density at radius 2 is 1.97 bits per heavy atom. The van der Waals surface area contributed by atoms with Gasteiger partial charge in [-0.3, -0.25) is 4.57 Å². The quantitative estimate of drug-likeness (QED) is 0.183. The number of ether oxygens (including phenoxy) is 2. The summed E-state index contributed by atoms with van der Waals surface area (Å²) in [5.74, 6) is 0.834. The van der Waals surface area contributed by atoms with Gasteiger partial charge in [-0.15, -0.1) is 24.0 Å². The Balaban J connectivity index is 0.00000480. The number of aromatic nitrogens is 2. The van der Waals surface area contributed by atoms with Crippen molar-refractivity contribution in [2.75, 3.05) is 13.2 Å². The van der Waals surface area contributed by atoms with E-state index in [1.807, 2.05) is 13.8 Å². The smallest absolute Gasteiger partial charge is 0.387 e. The Kier molecular flexibility index (Phi) is 12.0. The van der Waals surface area contributed by atoms with Gasteiger partial charge in [0.15, 0.2) is 5.96 Å². The molecule has 0 aliphatic rings. The monoisotopic (exact) mass is 559 g/mol. The molecule has 174 valence electrons. The molecule has 1 aromatic carbocycles. The third-order valence-corrected chi connectivity index (χ3v) is 3.85. The van der Waals surface area contributed by atoms with Gasteiger partial charge in [-0.05, 0) is 25.5 Å². The summed E-state index contributed by atoms with van der Waals surface area (Å²) in [5, 5.41) is 5.86. The second-order valence-electron chi connectivity index (χ2n) is 6.07. The van der Waals surface area contributed by atoms with E-state index in [0.717, 1.165) is 11.0 Å². The highest BCUT2D eigenvalue weighted by atomic mass is 127. The second kappa shape index (κ2) is 13.9. The minimum atomic E-state index is -2.99. The van der Waals surface area contributed by atoms with Crippen LogP contribution < -0.4 is 20.1 Å². The maximum atomic E-state index is 12.9. The van der Waals surface area contributed by atoms with Gasteiger partial charge in [-0.1, -0.05) is 6.92 Å². The molecular formula is C19H26F4IN5O2. The van der Waals surface area contributed by atoms with Gasteiger partial charge in [0, 0.05) is 30.6 Å². The molecule has 2 rings (SSSR count). The lowest BCUT2D eigenvalue weighted by molar-refractivity contribution is -0.0505. The van der Waals surface area contributed by atoms with Gasteiger partial charge in [-0.2, -0.15) is 17.6 Å². The molecule has 1 aromatic heterocycles. The number of hydrogen-bond donors (Lipinski definition) is 2. The summed E-state index contributed by atoms with van der Waals surface area (Å²) in [6, 6.07) is 4.64. The predicted octanol–water partition coefficient (Wildman–Crippen LogP) is 4.54. The zero-order chi connectivity index (χ0) is 21.9. The van der Waals surface area contributed by atoms with E-state index in [2.05, 4.69) is 25.3 Å². The third kappa shape index (κ3) is 8.79. The second-order valence-corrected chi connectivity index (χ2v) is 6.07. The van der Waals surface area contributed by atoms with Gasteiger partial charge in [-0.25, -0.2) is 9.98 Å². The Hall–Kier alpha value is -2.25. The van der Waals surface area contributed by atoms with Crippen molar-refractivity contribution in [2.45, 2.75) is 46.5 Å². The molecule has 0 atom stereocenters. The lowest BCUT2D eigenvalue weighted by Crippen LogP contribution is -2.37. The molecule has 1 heterocycles. The van der Waals surface area contributed by atoms with Gasteiger partial charge >= 0.3 is 13.2 Å². The fourth-order valence-electron chi connectivity index (χ4n) is 2.51. The highest BCUT2D eigenvalue weighted by Crippen LogP contribution is 2.27. The summed E-state index contributed by atoms with van der Waals surface area (Å²) in [4.78, 5) is 8.21. The van der Waals surface area contributed by atoms with Gasteiger partial charge < -0.3 is 20.1 Å². The van der Waals surface area contributed by atoms with E-state index in [9.17, 15) is 17.6 Å². The van der Waals surface area contributed by atoms with E-state index in [1.165, 1.54) is 18.5 Å². The summed E-state index contributed by atoms with van der Waals surface area (Å²) in [5.41, 5.74) is 0.422. The molecule has 2 N–H and O–H groups in total. The maximum absolute atomic E-state index is 12.9. The molecule has 0 bridgehead atoms. The Bertz CT molecular complexity index is 820. The zero-order valence-electron chi connectivity index (χ0n) is 17.2. The van der Waals surface area contributed by atoms with Crippen molar-refractivity contribution >= 4 is 29.9 Å². The van der Waals surface area contributed by atoms with Crippen LogP contribution in [0.15, 0.2) is 35.6 Å². The van der Waals surface area contributed by atoms with Crippen LogP contribution in [0.4, 0.5) is 17.6 Å². The number of aliphatic imine (C=N–C) groups is 1. The SMILES string of the molecule is CCCOc1ccc(CN=C(NCC)NCc2nccn2C(F)F)c(OC(F)F)c1.I. The normalized spacial score (nSPS) is 11.4. The molecule has 2 aromatic rings. The first-order valence-electron chi connectivity index (χ1n) is 9.47. The standard InChI is InChI=1S/C19H25F4N5O2.HI/c1-3-9-29-14-6-5-13(15(10-14)30-18(22)23)11-26-19(24-4-2)27-12-16-25-7-8-28(16)17(20)21;/h5-8,10,17-18H,3-4,9,11-12H2,1-2H3,(H2,24,26,27);1H. The first-order chi connectivity index (χ1) is 14.4. The van der Waals surface area contributed by atoms with E-state index in [-0.39, 0.29) is 48.6 Å². The third-order valence-electron chi connectivity index (χ3n) is 3.85. The van der Waals surface area contributed by atoms with E-state index in [0.29, 0.717) is 30.4 Å². The maximum Gasteiger partial charge on any atom is 0.387 e. The number of benzene rings is 1. The molecule has 0 saturated carbocycles. The summed E-state index contributed by atoms with van der Waals surface area (Å²) in [7, 11) is 0. The van der Waals surface area contributed by atoms with Gasteiger partial charge in [0.25, 0.3) is 0 Å². The molecule has 0 radical (unpaired) electrons. The van der Waals surface area contributed by atoms with Gasteiger partial charge in [0.1, 0.15) is 17.3 Å². The van der Waals surface area contributed by atoms with E-state index >= 15 is 0 Å². The van der Waals surface area contributed by atoms with Crippen LogP contribution >= 0.6 is 24.0 Å². The van der Waals surface area contributed by atoms with Crippen molar-refractivity contribution in [1.29, 1.82) is 0 Å². The lowest BCUT2D eigenvalue weighted by Gasteiger charge is -2.14. The van der Waals surface area contributed by atoms with Crippen LogP contribution in [0.3, 0.4) is 0 Å². The average Bonchev–Trinajstić information content (AvgIpc) is 3.18. The Morgan fingerprint density at radius 1 is 1.19 bits per heavy atom. The zero-order valence-corrected chi connectivity index (χ0v) is 19.5. The predicted molar refractivity (Wildman–Crippen MR) is 119 cm³/mol. The van der Waals surface area contributed by atoms with Crippen molar-refractivity contribution in [3.05, 3.63) is 42.0 Å². The van der Waals surface area contributed by atoms with Crippen LogP contribution in [0.25, 0.3) is 0 Å². The van der Waals surface area contributed by atoms with Gasteiger partial charge in [0.05, 0.1) is 19.7 Å². The molecule has 0 saturated heterocycles. The van der Waals surface area contributed by atoms with Crippen molar-refractivity contribution in [2.24, 2.45) is 4.99 Å². The Morgan fingerprint density at radius 3 is 2.61 bits per heavy atom. The molecule has 0 aliphatic heterocycles. The molecule has 0 fully saturated rings. The molecule has 0 amide bonds. The van der Waals surface area contributed by atoms with Crippen LogP contribution in [0.5, 0.6) is 11.5 Å².